The lowest BCUT2D eigenvalue weighted by Crippen LogP contribution is -2.04. The van der Waals surface area contributed by atoms with E-state index in [1.807, 2.05) is 37.4 Å². The van der Waals surface area contributed by atoms with Gasteiger partial charge in [0, 0.05) is 11.3 Å². The number of carboxylic acid groups (broad SMARTS) is 1. The molecule has 2 aromatic rings. The third-order valence-corrected chi connectivity index (χ3v) is 4.00. The first kappa shape index (κ1) is 17.2. The van der Waals surface area contributed by atoms with Crippen molar-refractivity contribution < 1.29 is 19.4 Å². The van der Waals surface area contributed by atoms with Gasteiger partial charge in [-0.25, -0.2) is 4.79 Å². The van der Waals surface area contributed by atoms with E-state index in [9.17, 15) is 9.90 Å². The summed E-state index contributed by atoms with van der Waals surface area (Å²) in [6, 6.07) is 11.2. The van der Waals surface area contributed by atoms with E-state index in [4.69, 9.17) is 9.47 Å². The van der Waals surface area contributed by atoms with Gasteiger partial charge in [-0.3, -0.25) is 0 Å². The zero-order chi connectivity index (χ0) is 16.8. The van der Waals surface area contributed by atoms with Gasteiger partial charge in [0.05, 0.1) is 12.7 Å². The van der Waals surface area contributed by atoms with Gasteiger partial charge in [-0.1, -0.05) is 29.8 Å². The van der Waals surface area contributed by atoms with E-state index in [1.54, 1.807) is 17.8 Å². The minimum Gasteiger partial charge on any atom is -0.493 e. The molecular formula is C18H20O4S. The van der Waals surface area contributed by atoms with Gasteiger partial charge in [0.15, 0.2) is 11.5 Å². The smallest absolute Gasteiger partial charge is 0.335 e. The molecule has 0 aromatic heterocycles. The van der Waals surface area contributed by atoms with Crippen LogP contribution in [0.15, 0.2) is 36.4 Å². The van der Waals surface area contributed by atoms with Crippen LogP contribution in [0.25, 0.3) is 0 Å². The molecular weight excluding hydrogens is 312 g/mol. The van der Waals surface area contributed by atoms with Crippen molar-refractivity contribution in [2.45, 2.75) is 19.3 Å². The van der Waals surface area contributed by atoms with Crippen LogP contribution in [-0.4, -0.2) is 24.4 Å². The van der Waals surface area contributed by atoms with Gasteiger partial charge in [-0.15, -0.1) is 0 Å². The maximum atomic E-state index is 11.2. The van der Waals surface area contributed by atoms with Gasteiger partial charge in [-0.05, 0) is 30.9 Å². The lowest BCUT2D eigenvalue weighted by molar-refractivity contribution is 0.0696. The normalized spacial score (nSPS) is 10.4. The minimum absolute atomic E-state index is 0.202. The van der Waals surface area contributed by atoms with Gasteiger partial charge in [-0.2, -0.15) is 11.8 Å². The molecule has 0 saturated heterocycles. The standard InChI is InChI=1S/C18H20O4S/c1-12-4-6-13(7-5-12)10-22-17-15(11-23-3)8-14(18(19)20)9-16(17)21-2/h4-9H,10-11H2,1-3H3,(H,19,20). The number of hydrogen-bond donors (Lipinski definition) is 1. The summed E-state index contributed by atoms with van der Waals surface area (Å²) in [6.45, 7) is 2.44. The molecule has 0 unspecified atom stereocenters. The average Bonchev–Trinajstić information content (AvgIpc) is 2.54. The Morgan fingerprint density at radius 3 is 2.48 bits per heavy atom. The molecule has 4 nitrogen and oxygen atoms in total. The molecule has 0 heterocycles. The van der Waals surface area contributed by atoms with Crippen molar-refractivity contribution in [2.24, 2.45) is 0 Å². The molecule has 0 aliphatic carbocycles. The van der Waals surface area contributed by atoms with Crippen LogP contribution in [0.2, 0.25) is 0 Å². The maximum absolute atomic E-state index is 11.2. The lowest BCUT2D eigenvalue weighted by atomic mass is 10.1. The largest absolute Gasteiger partial charge is 0.493 e. The van der Waals surface area contributed by atoms with E-state index in [0.717, 1.165) is 11.1 Å². The van der Waals surface area contributed by atoms with Gasteiger partial charge in [0.25, 0.3) is 0 Å². The van der Waals surface area contributed by atoms with Crippen LogP contribution in [0.3, 0.4) is 0 Å². The average molecular weight is 332 g/mol. The predicted octanol–water partition coefficient (Wildman–Crippen LogP) is 4.14. The fraction of sp³-hybridized carbons (Fsp3) is 0.278. The molecule has 0 radical (unpaired) electrons. The van der Waals surface area contributed by atoms with Crippen LogP contribution in [0.4, 0.5) is 0 Å². The summed E-state index contributed by atoms with van der Waals surface area (Å²) >= 11 is 1.60. The van der Waals surface area contributed by atoms with Crippen molar-refractivity contribution >= 4 is 17.7 Å². The summed E-state index contributed by atoms with van der Waals surface area (Å²) in [5.74, 6) is 0.727. The zero-order valence-electron chi connectivity index (χ0n) is 13.5. The Kier molecular flexibility index (Phi) is 5.93. The van der Waals surface area contributed by atoms with E-state index in [2.05, 4.69) is 0 Å². The second kappa shape index (κ2) is 7.92. The lowest BCUT2D eigenvalue weighted by Gasteiger charge is -2.16. The van der Waals surface area contributed by atoms with E-state index < -0.39 is 5.97 Å². The van der Waals surface area contributed by atoms with E-state index >= 15 is 0 Å². The zero-order valence-corrected chi connectivity index (χ0v) is 14.3. The van der Waals surface area contributed by atoms with Gasteiger partial charge < -0.3 is 14.6 Å². The second-order valence-electron chi connectivity index (χ2n) is 5.18. The van der Waals surface area contributed by atoms with Crippen LogP contribution in [0.1, 0.15) is 27.0 Å². The molecule has 0 amide bonds. The molecule has 2 rings (SSSR count). The highest BCUT2D eigenvalue weighted by atomic mass is 32.2. The number of aryl methyl sites for hydroxylation is 1. The van der Waals surface area contributed by atoms with Crippen LogP contribution in [-0.2, 0) is 12.4 Å². The number of carboxylic acids is 1. The molecule has 2 aromatic carbocycles. The number of aromatic carboxylic acids is 1. The Hall–Kier alpha value is -2.14. The van der Waals surface area contributed by atoms with Gasteiger partial charge in [0.1, 0.15) is 6.61 Å². The van der Waals surface area contributed by atoms with Crippen molar-refractivity contribution in [1.29, 1.82) is 0 Å². The highest BCUT2D eigenvalue weighted by Gasteiger charge is 2.16. The van der Waals surface area contributed by atoms with E-state index in [1.165, 1.54) is 18.7 Å². The van der Waals surface area contributed by atoms with Gasteiger partial charge >= 0.3 is 5.97 Å². The third-order valence-electron chi connectivity index (χ3n) is 3.40. The van der Waals surface area contributed by atoms with Crippen molar-refractivity contribution in [1.82, 2.24) is 0 Å². The first-order chi connectivity index (χ1) is 11.0. The molecule has 122 valence electrons. The Morgan fingerprint density at radius 2 is 1.91 bits per heavy atom. The third kappa shape index (κ3) is 4.42. The Labute approximate surface area is 140 Å². The van der Waals surface area contributed by atoms with E-state index in [0.29, 0.717) is 23.9 Å². The van der Waals surface area contributed by atoms with Crippen LogP contribution in [0, 0.1) is 6.92 Å². The molecule has 1 N–H and O–H groups in total. The first-order valence-electron chi connectivity index (χ1n) is 7.16. The topological polar surface area (TPSA) is 55.8 Å². The van der Waals surface area contributed by atoms with Crippen molar-refractivity contribution in [2.75, 3.05) is 13.4 Å². The second-order valence-corrected chi connectivity index (χ2v) is 6.05. The number of benzene rings is 2. The molecule has 5 heteroatoms. The van der Waals surface area contributed by atoms with Crippen molar-refractivity contribution in [3.05, 3.63) is 58.7 Å². The quantitative estimate of drug-likeness (QED) is 0.825. The van der Waals surface area contributed by atoms with Crippen LogP contribution >= 0.6 is 11.8 Å². The van der Waals surface area contributed by atoms with Crippen molar-refractivity contribution in [3.8, 4) is 11.5 Å². The summed E-state index contributed by atoms with van der Waals surface area (Å²) in [6.07, 6.45) is 1.96. The van der Waals surface area contributed by atoms with Crippen LogP contribution in [0.5, 0.6) is 11.5 Å². The first-order valence-corrected chi connectivity index (χ1v) is 8.56. The molecule has 0 aliphatic rings. The molecule has 0 saturated carbocycles. The summed E-state index contributed by atoms with van der Waals surface area (Å²) in [4.78, 5) is 11.2. The molecule has 0 aliphatic heterocycles. The molecule has 23 heavy (non-hydrogen) atoms. The Morgan fingerprint density at radius 1 is 1.22 bits per heavy atom. The fourth-order valence-electron chi connectivity index (χ4n) is 2.20. The molecule has 0 atom stereocenters. The SMILES string of the molecule is COc1cc(C(=O)O)cc(CSC)c1OCc1ccc(C)cc1. The Bertz CT molecular complexity index is 680. The minimum atomic E-state index is -0.976. The van der Waals surface area contributed by atoms with Crippen molar-refractivity contribution in [3.63, 3.8) is 0 Å². The summed E-state index contributed by atoms with van der Waals surface area (Å²) in [7, 11) is 1.52. The number of methoxy groups -OCH3 is 1. The number of hydrogen-bond acceptors (Lipinski definition) is 4. The highest BCUT2D eigenvalue weighted by Crippen LogP contribution is 2.35. The fourth-order valence-corrected chi connectivity index (χ4v) is 2.73. The highest BCUT2D eigenvalue weighted by molar-refractivity contribution is 7.97. The molecule has 0 fully saturated rings. The summed E-state index contributed by atoms with van der Waals surface area (Å²) in [5, 5.41) is 9.22. The monoisotopic (exact) mass is 332 g/mol. The number of ether oxygens (including phenoxy) is 2. The number of rotatable bonds is 7. The van der Waals surface area contributed by atoms with Gasteiger partial charge in [0.2, 0.25) is 0 Å². The summed E-state index contributed by atoms with van der Waals surface area (Å²) < 4.78 is 11.3. The number of thioether (sulfide) groups is 1. The Balaban J connectivity index is 2.30. The van der Waals surface area contributed by atoms with E-state index in [-0.39, 0.29) is 5.56 Å². The summed E-state index contributed by atoms with van der Waals surface area (Å²) in [5.41, 5.74) is 3.27. The maximum Gasteiger partial charge on any atom is 0.335 e. The molecule has 0 bridgehead atoms. The van der Waals surface area contributed by atoms with Crippen LogP contribution < -0.4 is 9.47 Å². The number of carbonyl (C=O) groups is 1. The predicted molar refractivity (Wildman–Crippen MR) is 92.7 cm³/mol. The molecule has 0 spiro atoms.